The van der Waals surface area contributed by atoms with E-state index in [1.165, 1.54) is 12.1 Å². The second-order valence-corrected chi connectivity index (χ2v) is 6.35. The quantitative estimate of drug-likeness (QED) is 0.840. The molecular formula is C13H19F2NO2S. The van der Waals surface area contributed by atoms with E-state index in [-0.39, 0.29) is 4.90 Å². The summed E-state index contributed by atoms with van der Waals surface area (Å²) in [5.41, 5.74) is 0.931. The molecule has 1 aromatic rings. The number of halogens is 2. The van der Waals surface area contributed by atoms with Gasteiger partial charge in [-0.2, -0.15) is 8.78 Å². The lowest BCUT2D eigenvalue weighted by Crippen LogP contribution is -2.27. The van der Waals surface area contributed by atoms with Gasteiger partial charge < -0.3 is 5.32 Å². The van der Waals surface area contributed by atoms with Crippen LogP contribution < -0.4 is 5.32 Å². The zero-order valence-corrected chi connectivity index (χ0v) is 11.9. The van der Waals surface area contributed by atoms with Crippen LogP contribution in [0.5, 0.6) is 0 Å². The summed E-state index contributed by atoms with van der Waals surface area (Å²) in [5.74, 6) is -3.37. The highest BCUT2D eigenvalue weighted by atomic mass is 32.2. The van der Waals surface area contributed by atoms with Gasteiger partial charge in [0.1, 0.15) is 0 Å². The van der Waals surface area contributed by atoms with Gasteiger partial charge in [-0.1, -0.05) is 25.5 Å². The third-order valence-electron chi connectivity index (χ3n) is 3.01. The van der Waals surface area contributed by atoms with Crippen molar-refractivity contribution >= 4 is 9.84 Å². The molecule has 0 heterocycles. The number of likely N-dealkylation sites (N-methyl/N-ethyl adjacent to an activating group) is 1. The van der Waals surface area contributed by atoms with Crippen molar-refractivity contribution < 1.29 is 17.2 Å². The molecule has 0 aliphatic carbocycles. The van der Waals surface area contributed by atoms with Crippen LogP contribution >= 0.6 is 0 Å². The van der Waals surface area contributed by atoms with E-state index in [1.807, 2.05) is 7.05 Å². The number of hydrogen-bond donors (Lipinski definition) is 1. The van der Waals surface area contributed by atoms with Gasteiger partial charge in [-0.05, 0) is 37.6 Å². The highest BCUT2D eigenvalue weighted by Crippen LogP contribution is 2.19. The number of hydrogen-bond acceptors (Lipinski definition) is 3. The predicted molar refractivity (Wildman–Crippen MR) is 71.1 cm³/mol. The Kier molecular flexibility index (Phi) is 5.87. The molecule has 0 fully saturated rings. The van der Waals surface area contributed by atoms with Crippen molar-refractivity contribution in [3.05, 3.63) is 29.8 Å². The molecule has 0 spiro atoms. The lowest BCUT2D eigenvalue weighted by atomic mass is 10.0. The number of benzene rings is 1. The normalized spacial score (nSPS) is 13.7. The van der Waals surface area contributed by atoms with Crippen molar-refractivity contribution in [1.29, 1.82) is 0 Å². The Labute approximate surface area is 112 Å². The molecule has 1 N–H and O–H groups in total. The van der Waals surface area contributed by atoms with E-state index in [2.05, 4.69) is 12.2 Å². The van der Waals surface area contributed by atoms with Gasteiger partial charge in [-0.25, -0.2) is 8.42 Å². The largest absolute Gasteiger partial charge is 0.341 e. The topological polar surface area (TPSA) is 46.2 Å². The molecule has 0 saturated carbocycles. The van der Waals surface area contributed by atoms with E-state index >= 15 is 0 Å². The Morgan fingerprint density at radius 3 is 2.21 bits per heavy atom. The van der Waals surface area contributed by atoms with Crippen LogP contribution in [-0.2, 0) is 16.3 Å². The molecule has 0 amide bonds. The molecule has 3 nitrogen and oxygen atoms in total. The highest BCUT2D eigenvalue weighted by molar-refractivity contribution is 7.91. The summed E-state index contributed by atoms with van der Waals surface area (Å²) in [6, 6.07) is 5.98. The summed E-state index contributed by atoms with van der Waals surface area (Å²) in [6.45, 7) is 2.09. The van der Waals surface area contributed by atoms with E-state index in [1.54, 1.807) is 12.1 Å². The second-order valence-electron chi connectivity index (χ2n) is 4.43. The lowest BCUT2D eigenvalue weighted by molar-refractivity contribution is 0.234. The standard InChI is InChI=1S/C13H19F2NO2S/c1-3-4-11(16-2)9-10-5-7-12(8-6-10)19(17,18)13(14)15/h5-8,11,13,16H,3-4,9H2,1-2H3. The molecule has 0 saturated heterocycles. The van der Waals surface area contributed by atoms with Crippen molar-refractivity contribution in [3.63, 3.8) is 0 Å². The van der Waals surface area contributed by atoms with Crippen LogP contribution in [0.3, 0.4) is 0 Å². The summed E-state index contributed by atoms with van der Waals surface area (Å²) < 4.78 is 47.3. The molecule has 1 rings (SSSR count). The van der Waals surface area contributed by atoms with Gasteiger partial charge in [0.2, 0.25) is 9.84 Å². The Balaban J connectivity index is 2.82. The molecule has 0 aromatic heterocycles. The van der Waals surface area contributed by atoms with E-state index in [0.717, 1.165) is 24.8 Å². The number of rotatable bonds is 7. The van der Waals surface area contributed by atoms with E-state index in [9.17, 15) is 17.2 Å². The summed E-state index contributed by atoms with van der Waals surface area (Å²) in [7, 11) is -2.62. The predicted octanol–water partition coefficient (Wildman–Crippen LogP) is 2.61. The van der Waals surface area contributed by atoms with E-state index in [4.69, 9.17) is 0 Å². The summed E-state index contributed by atoms with van der Waals surface area (Å²) >= 11 is 0. The maximum absolute atomic E-state index is 12.4. The summed E-state index contributed by atoms with van der Waals surface area (Å²) in [4.78, 5) is -0.331. The van der Waals surface area contributed by atoms with Crippen LogP contribution in [0.4, 0.5) is 8.78 Å². The number of sulfone groups is 1. The van der Waals surface area contributed by atoms with Crippen LogP contribution in [0.15, 0.2) is 29.2 Å². The van der Waals surface area contributed by atoms with Crippen molar-refractivity contribution in [2.24, 2.45) is 0 Å². The van der Waals surface area contributed by atoms with Gasteiger partial charge in [0.05, 0.1) is 4.90 Å². The third-order valence-corrected chi connectivity index (χ3v) is 4.41. The zero-order valence-electron chi connectivity index (χ0n) is 11.1. The molecule has 1 unspecified atom stereocenters. The maximum atomic E-state index is 12.4. The molecule has 0 bridgehead atoms. The maximum Gasteiger partial charge on any atom is 0.341 e. The van der Waals surface area contributed by atoms with Crippen LogP contribution in [0.1, 0.15) is 25.3 Å². The molecule has 19 heavy (non-hydrogen) atoms. The van der Waals surface area contributed by atoms with Gasteiger partial charge >= 0.3 is 5.76 Å². The summed E-state index contributed by atoms with van der Waals surface area (Å²) in [5, 5.41) is 3.18. The molecular weight excluding hydrogens is 272 g/mol. The van der Waals surface area contributed by atoms with Gasteiger partial charge in [0.25, 0.3) is 0 Å². The van der Waals surface area contributed by atoms with Crippen LogP contribution in [0.25, 0.3) is 0 Å². The fraction of sp³-hybridized carbons (Fsp3) is 0.538. The van der Waals surface area contributed by atoms with Crippen molar-refractivity contribution in [1.82, 2.24) is 5.32 Å². The molecule has 1 aromatic carbocycles. The van der Waals surface area contributed by atoms with Crippen molar-refractivity contribution in [3.8, 4) is 0 Å². The molecule has 0 aliphatic rings. The molecule has 0 radical (unpaired) electrons. The first kappa shape index (κ1) is 16.0. The van der Waals surface area contributed by atoms with Crippen molar-refractivity contribution in [2.75, 3.05) is 7.05 Å². The average molecular weight is 291 g/mol. The minimum Gasteiger partial charge on any atom is -0.317 e. The Bertz CT molecular complexity index is 486. The van der Waals surface area contributed by atoms with Gasteiger partial charge in [-0.15, -0.1) is 0 Å². The second kappa shape index (κ2) is 6.96. The molecule has 108 valence electrons. The smallest absolute Gasteiger partial charge is 0.317 e. The first-order valence-electron chi connectivity index (χ1n) is 6.20. The molecule has 1 atom stereocenters. The molecule has 6 heteroatoms. The highest BCUT2D eigenvalue weighted by Gasteiger charge is 2.26. The Morgan fingerprint density at radius 2 is 1.79 bits per heavy atom. The van der Waals surface area contributed by atoms with E-state index < -0.39 is 15.6 Å². The lowest BCUT2D eigenvalue weighted by Gasteiger charge is -2.15. The van der Waals surface area contributed by atoms with Crippen LogP contribution in [-0.4, -0.2) is 27.3 Å². The minimum absolute atomic E-state index is 0.308. The third kappa shape index (κ3) is 4.24. The fourth-order valence-corrected chi connectivity index (χ4v) is 2.62. The van der Waals surface area contributed by atoms with Gasteiger partial charge in [-0.3, -0.25) is 0 Å². The van der Waals surface area contributed by atoms with Gasteiger partial charge in [0.15, 0.2) is 0 Å². The SMILES string of the molecule is CCCC(Cc1ccc(S(=O)(=O)C(F)F)cc1)NC. The van der Waals surface area contributed by atoms with E-state index in [0.29, 0.717) is 6.04 Å². The molecule has 0 aliphatic heterocycles. The van der Waals surface area contributed by atoms with Crippen LogP contribution in [0, 0.1) is 0 Å². The van der Waals surface area contributed by atoms with Crippen LogP contribution in [0.2, 0.25) is 0 Å². The first-order chi connectivity index (χ1) is 8.91. The minimum atomic E-state index is -4.49. The van der Waals surface area contributed by atoms with Crippen molar-refractivity contribution in [2.45, 2.75) is 42.9 Å². The fourth-order valence-electron chi connectivity index (χ4n) is 1.90. The number of nitrogens with one attached hydrogen (secondary N) is 1. The monoisotopic (exact) mass is 291 g/mol. The first-order valence-corrected chi connectivity index (χ1v) is 7.74. The Morgan fingerprint density at radius 1 is 1.21 bits per heavy atom. The number of alkyl halides is 2. The summed E-state index contributed by atoms with van der Waals surface area (Å²) in [6.07, 6.45) is 2.80. The Hall–Kier alpha value is -1.01. The zero-order chi connectivity index (χ0) is 14.5. The average Bonchev–Trinajstić information content (AvgIpc) is 2.38. The van der Waals surface area contributed by atoms with Gasteiger partial charge in [0, 0.05) is 6.04 Å².